The Kier molecular flexibility index (Phi) is 5.25. The van der Waals surface area contributed by atoms with E-state index in [4.69, 9.17) is 21.1 Å². The highest BCUT2D eigenvalue weighted by atomic mass is 127. The summed E-state index contributed by atoms with van der Waals surface area (Å²) in [6.45, 7) is 0.382. The molecule has 104 valence electrons. The Morgan fingerprint density at radius 2 is 1.95 bits per heavy atom. The first kappa shape index (κ1) is 15.1. The van der Waals surface area contributed by atoms with Gasteiger partial charge in [0, 0.05) is 9.13 Å². The van der Waals surface area contributed by atoms with Gasteiger partial charge in [-0.25, -0.2) is 0 Å². The second-order valence-electron chi connectivity index (χ2n) is 4.07. The number of ether oxygens (including phenoxy) is 2. The van der Waals surface area contributed by atoms with Gasteiger partial charge in [-0.3, -0.25) is 4.79 Å². The number of aldehydes is 1. The number of hydrogen-bond donors (Lipinski definition) is 0. The highest BCUT2D eigenvalue weighted by molar-refractivity contribution is 14.1. The van der Waals surface area contributed by atoms with E-state index < -0.39 is 0 Å². The van der Waals surface area contributed by atoms with Gasteiger partial charge in [-0.1, -0.05) is 23.7 Å². The van der Waals surface area contributed by atoms with Crippen LogP contribution in [0.5, 0.6) is 11.5 Å². The predicted molar refractivity (Wildman–Crippen MR) is 86.9 cm³/mol. The number of rotatable bonds is 5. The molecule has 0 amide bonds. The van der Waals surface area contributed by atoms with Gasteiger partial charge < -0.3 is 9.47 Å². The summed E-state index contributed by atoms with van der Waals surface area (Å²) in [6, 6.07) is 11.1. The van der Waals surface area contributed by atoms with Crippen molar-refractivity contribution in [2.45, 2.75) is 6.61 Å². The topological polar surface area (TPSA) is 35.5 Å². The Bertz CT molecular complexity index is 611. The average Bonchev–Trinajstić information content (AvgIpc) is 2.47. The van der Waals surface area contributed by atoms with Gasteiger partial charge in [-0.15, -0.1) is 0 Å². The van der Waals surface area contributed by atoms with E-state index in [-0.39, 0.29) is 0 Å². The van der Waals surface area contributed by atoms with Crippen LogP contribution in [-0.4, -0.2) is 13.4 Å². The van der Waals surface area contributed by atoms with Crippen LogP contribution in [0.1, 0.15) is 15.9 Å². The molecule has 2 aromatic rings. The summed E-state index contributed by atoms with van der Waals surface area (Å²) < 4.78 is 12.1. The van der Waals surface area contributed by atoms with Crippen molar-refractivity contribution in [1.29, 1.82) is 0 Å². The lowest BCUT2D eigenvalue weighted by atomic mass is 10.2. The van der Waals surface area contributed by atoms with Crippen LogP contribution >= 0.6 is 34.2 Å². The van der Waals surface area contributed by atoms with E-state index in [1.54, 1.807) is 12.1 Å². The second kappa shape index (κ2) is 6.95. The minimum atomic E-state index is 0.358. The number of carbonyl (C=O) groups excluding carboxylic acids is 1. The molecule has 2 rings (SSSR count). The third-order valence-corrected chi connectivity index (χ3v) is 3.68. The first-order valence-electron chi connectivity index (χ1n) is 5.84. The Morgan fingerprint density at radius 3 is 2.55 bits per heavy atom. The summed E-state index contributed by atoms with van der Waals surface area (Å²) in [4.78, 5) is 10.8. The molecule has 0 bridgehead atoms. The van der Waals surface area contributed by atoms with Crippen LogP contribution in [0.3, 0.4) is 0 Å². The molecule has 0 saturated heterocycles. The van der Waals surface area contributed by atoms with E-state index in [1.807, 2.05) is 24.3 Å². The minimum absolute atomic E-state index is 0.358. The minimum Gasteiger partial charge on any atom is -0.493 e. The van der Waals surface area contributed by atoms with Crippen LogP contribution in [0, 0.1) is 3.57 Å². The van der Waals surface area contributed by atoms with Gasteiger partial charge >= 0.3 is 0 Å². The van der Waals surface area contributed by atoms with Gasteiger partial charge in [0.25, 0.3) is 0 Å². The smallest absolute Gasteiger partial charge is 0.180 e. The Balaban J connectivity index is 2.20. The van der Waals surface area contributed by atoms with E-state index >= 15 is 0 Å². The third-order valence-electron chi connectivity index (χ3n) is 2.68. The number of carbonyl (C=O) groups is 1. The molecule has 2 aromatic carbocycles. The van der Waals surface area contributed by atoms with Gasteiger partial charge in [-0.05, 0) is 52.4 Å². The molecule has 0 aromatic heterocycles. The summed E-state index contributed by atoms with van der Waals surface area (Å²) in [5.74, 6) is 0.892. The quantitative estimate of drug-likeness (QED) is 0.551. The maximum Gasteiger partial charge on any atom is 0.180 e. The summed E-state index contributed by atoms with van der Waals surface area (Å²) in [5, 5.41) is 0.358. The molecule has 5 heteroatoms. The van der Waals surface area contributed by atoms with Crippen molar-refractivity contribution < 1.29 is 14.3 Å². The standard InChI is InChI=1S/C15H12ClIO3/c1-19-14-7-11(8-18)6-13(16)15(14)20-9-10-2-4-12(17)5-3-10/h2-8H,9H2,1H3. The van der Waals surface area contributed by atoms with Crippen molar-refractivity contribution >= 4 is 40.5 Å². The van der Waals surface area contributed by atoms with Crippen LogP contribution in [0.2, 0.25) is 5.02 Å². The predicted octanol–water partition coefficient (Wildman–Crippen LogP) is 4.34. The van der Waals surface area contributed by atoms with Crippen LogP contribution in [0.4, 0.5) is 0 Å². The molecular weight excluding hydrogens is 391 g/mol. The molecule has 0 saturated carbocycles. The number of hydrogen-bond acceptors (Lipinski definition) is 3. The van der Waals surface area contributed by atoms with Crippen molar-refractivity contribution in [3.63, 3.8) is 0 Å². The lowest BCUT2D eigenvalue weighted by Crippen LogP contribution is -1.99. The number of methoxy groups -OCH3 is 1. The summed E-state index contributed by atoms with van der Waals surface area (Å²) in [6.07, 6.45) is 0.720. The molecule has 0 atom stereocenters. The number of benzene rings is 2. The van der Waals surface area contributed by atoms with Crippen molar-refractivity contribution in [3.05, 3.63) is 56.1 Å². The van der Waals surface area contributed by atoms with Gasteiger partial charge in [0.1, 0.15) is 12.9 Å². The first-order valence-corrected chi connectivity index (χ1v) is 7.29. The van der Waals surface area contributed by atoms with Crippen molar-refractivity contribution in [2.75, 3.05) is 7.11 Å². The first-order chi connectivity index (χ1) is 9.63. The van der Waals surface area contributed by atoms with Crippen LogP contribution in [0.25, 0.3) is 0 Å². The lowest BCUT2D eigenvalue weighted by molar-refractivity contribution is 0.112. The van der Waals surface area contributed by atoms with Crippen LogP contribution < -0.4 is 9.47 Å². The summed E-state index contributed by atoms with van der Waals surface area (Å²) >= 11 is 8.36. The third kappa shape index (κ3) is 3.64. The fourth-order valence-corrected chi connectivity index (χ4v) is 2.32. The van der Waals surface area contributed by atoms with Gasteiger partial charge in [0.2, 0.25) is 0 Å². The largest absolute Gasteiger partial charge is 0.493 e. The van der Waals surface area contributed by atoms with E-state index in [2.05, 4.69) is 22.6 Å². The Labute approximate surface area is 136 Å². The van der Waals surface area contributed by atoms with Gasteiger partial charge in [0.15, 0.2) is 11.5 Å². The normalized spacial score (nSPS) is 10.2. The molecule has 0 aliphatic rings. The molecule has 20 heavy (non-hydrogen) atoms. The van der Waals surface area contributed by atoms with Gasteiger partial charge in [0.05, 0.1) is 12.1 Å². The fraction of sp³-hybridized carbons (Fsp3) is 0.133. The molecule has 0 aliphatic heterocycles. The van der Waals surface area contributed by atoms with E-state index in [9.17, 15) is 4.79 Å². The molecule has 0 aliphatic carbocycles. The monoisotopic (exact) mass is 402 g/mol. The van der Waals surface area contributed by atoms with Crippen molar-refractivity contribution in [3.8, 4) is 11.5 Å². The average molecular weight is 403 g/mol. The van der Waals surface area contributed by atoms with Crippen molar-refractivity contribution in [1.82, 2.24) is 0 Å². The van der Waals surface area contributed by atoms with Gasteiger partial charge in [-0.2, -0.15) is 0 Å². The molecule has 0 heterocycles. The molecule has 0 fully saturated rings. The highest BCUT2D eigenvalue weighted by Crippen LogP contribution is 2.36. The SMILES string of the molecule is COc1cc(C=O)cc(Cl)c1OCc1ccc(I)cc1. The molecule has 0 unspecified atom stereocenters. The Morgan fingerprint density at radius 1 is 1.25 bits per heavy atom. The van der Waals surface area contributed by atoms with Crippen molar-refractivity contribution in [2.24, 2.45) is 0 Å². The maximum atomic E-state index is 10.8. The summed E-state index contributed by atoms with van der Waals surface area (Å²) in [5.41, 5.74) is 1.48. The van der Waals surface area contributed by atoms with E-state index in [1.165, 1.54) is 7.11 Å². The molecule has 0 spiro atoms. The number of halogens is 2. The van der Waals surface area contributed by atoms with Crippen LogP contribution in [0.15, 0.2) is 36.4 Å². The molecule has 0 N–H and O–H groups in total. The molecule has 3 nitrogen and oxygen atoms in total. The zero-order valence-corrected chi connectivity index (χ0v) is 13.6. The van der Waals surface area contributed by atoms with E-state index in [0.717, 1.165) is 15.4 Å². The molecule has 0 radical (unpaired) electrons. The summed E-state index contributed by atoms with van der Waals surface area (Å²) in [7, 11) is 1.51. The van der Waals surface area contributed by atoms with E-state index in [0.29, 0.717) is 28.7 Å². The van der Waals surface area contributed by atoms with Crippen LogP contribution in [-0.2, 0) is 6.61 Å². The fourth-order valence-electron chi connectivity index (χ4n) is 1.68. The highest BCUT2D eigenvalue weighted by Gasteiger charge is 2.12. The second-order valence-corrected chi connectivity index (χ2v) is 5.72. The maximum absolute atomic E-state index is 10.8. The molecular formula is C15H12ClIO3. The lowest BCUT2D eigenvalue weighted by Gasteiger charge is -2.13. The zero-order chi connectivity index (χ0) is 14.5. The zero-order valence-electron chi connectivity index (χ0n) is 10.7. The Hall–Kier alpha value is -1.27.